The Kier molecular flexibility index (Phi) is 3.38. The molecule has 0 N–H and O–H groups in total. The van der Waals surface area contributed by atoms with Crippen LogP contribution in [0.2, 0.25) is 0 Å². The molecule has 78 valence electrons. The second-order valence-electron chi connectivity index (χ2n) is 3.92. The highest BCUT2D eigenvalue weighted by Crippen LogP contribution is 2.29. The number of ether oxygens (including phenoxy) is 1. The van der Waals surface area contributed by atoms with Crippen LogP contribution in [0, 0.1) is 0 Å². The van der Waals surface area contributed by atoms with Crippen LogP contribution < -0.4 is 0 Å². The number of carbonyl (C=O) groups excluding carboxylic acids is 1. The van der Waals surface area contributed by atoms with Crippen molar-refractivity contribution in [2.24, 2.45) is 0 Å². The molecule has 0 aromatic heterocycles. The smallest absolute Gasteiger partial charge is 0.177 e. The average Bonchev–Trinajstić information content (AvgIpc) is 2.13. The first-order valence-electron chi connectivity index (χ1n) is 4.71. The molecule has 14 heavy (non-hydrogen) atoms. The van der Waals surface area contributed by atoms with Gasteiger partial charge in [0.2, 0.25) is 0 Å². The summed E-state index contributed by atoms with van der Waals surface area (Å²) in [5.41, 5.74) is -0.465. The highest BCUT2D eigenvalue weighted by molar-refractivity contribution is 6.42. The van der Waals surface area contributed by atoms with Gasteiger partial charge in [0, 0.05) is 12.8 Å². The van der Waals surface area contributed by atoms with Gasteiger partial charge in [-0.3, -0.25) is 4.79 Å². The van der Waals surface area contributed by atoms with Crippen molar-refractivity contribution in [3.8, 4) is 0 Å². The van der Waals surface area contributed by atoms with E-state index in [0.717, 1.165) is 12.8 Å². The molecule has 2 nitrogen and oxygen atoms in total. The van der Waals surface area contributed by atoms with Crippen molar-refractivity contribution in [2.75, 3.05) is 0 Å². The summed E-state index contributed by atoms with van der Waals surface area (Å²) in [5.74, 6) is 0.584. The third-order valence-electron chi connectivity index (χ3n) is 2.18. The standard InChI is InChI=1S/C11H15ClO2/c1-4-11(2,3)14-9-7-5-6-8(13)10(9)12/h4H,1,5-7H2,2-3H3. The molecule has 0 amide bonds. The first-order chi connectivity index (χ1) is 6.46. The SMILES string of the molecule is C=CC(C)(C)OC1=C(Cl)C(=O)CCC1. The lowest BCUT2D eigenvalue weighted by Crippen LogP contribution is -2.23. The third kappa shape index (κ3) is 2.61. The minimum atomic E-state index is -0.465. The first-order valence-corrected chi connectivity index (χ1v) is 5.08. The van der Waals surface area contributed by atoms with Crippen molar-refractivity contribution in [1.29, 1.82) is 0 Å². The Hall–Kier alpha value is -0.760. The van der Waals surface area contributed by atoms with E-state index in [0.29, 0.717) is 12.2 Å². The Labute approximate surface area is 89.6 Å². The van der Waals surface area contributed by atoms with E-state index in [1.54, 1.807) is 6.08 Å². The van der Waals surface area contributed by atoms with Gasteiger partial charge in [0.15, 0.2) is 5.78 Å². The summed E-state index contributed by atoms with van der Waals surface area (Å²) in [4.78, 5) is 11.3. The molecule has 0 spiro atoms. The fourth-order valence-corrected chi connectivity index (χ4v) is 1.47. The number of ketones is 1. The molecule has 0 atom stereocenters. The van der Waals surface area contributed by atoms with Crippen molar-refractivity contribution in [2.45, 2.75) is 38.7 Å². The largest absolute Gasteiger partial charge is 0.486 e. The zero-order valence-corrected chi connectivity index (χ0v) is 9.36. The number of hydrogen-bond acceptors (Lipinski definition) is 2. The van der Waals surface area contributed by atoms with Crippen LogP contribution in [0.1, 0.15) is 33.1 Å². The molecule has 0 saturated carbocycles. The number of hydrogen-bond donors (Lipinski definition) is 0. The fraction of sp³-hybridized carbons (Fsp3) is 0.545. The number of carbonyl (C=O) groups is 1. The quantitative estimate of drug-likeness (QED) is 0.675. The maximum atomic E-state index is 11.3. The molecule has 0 saturated heterocycles. The van der Waals surface area contributed by atoms with Crippen LogP contribution >= 0.6 is 11.6 Å². The minimum absolute atomic E-state index is 0.0206. The lowest BCUT2D eigenvalue weighted by atomic mass is 10.0. The Bertz CT molecular complexity index is 290. The lowest BCUT2D eigenvalue weighted by molar-refractivity contribution is -0.116. The van der Waals surface area contributed by atoms with Crippen molar-refractivity contribution < 1.29 is 9.53 Å². The van der Waals surface area contributed by atoms with Gasteiger partial charge in [-0.05, 0) is 26.3 Å². The van der Waals surface area contributed by atoms with E-state index in [1.807, 2.05) is 13.8 Å². The van der Waals surface area contributed by atoms with Gasteiger partial charge >= 0.3 is 0 Å². The predicted molar refractivity (Wildman–Crippen MR) is 57.1 cm³/mol. The highest BCUT2D eigenvalue weighted by atomic mass is 35.5. The van der Waals surface area contributed by atoms with Crippen LogP contribution in [-0.4, -0.2) is 11.4 Å². The van der Waals surface area contributed by atoms with Crippen LogP contribution in [-0.2, 0) is 9.53 Å². The van der Waals surface area contributed by atoms with Crippen LogP contribution in [0.15, 0.2) is 23.4 Å². The molecule has 0 aliphatic heterocycles. The predicted octanol–water partition coefficient (Wildman–Crippen LogP) is 3.17. The summed E-state index contributed by atoms with van der Waals surface area (Å²) < 4.78 is 5.62. The third-order valence-corrected chi connectivity index (χ3v) is 2.60. The van der Waals surface area contributed by atoms with Crippen LogP contribution in [0.4, 0.5) is 0 Å². The Morgan fingerprint density at radius 2 is 2.14 bits per heavy atom. The number of allylic oxidation sites excluding steroid dienone is 2. The normalized spacial score (nSPS) is 18.4. The fourth-order valence-electron chi connectivity index (χ4n) is 1.24. The molecule has 3 heteroatoms. The van der Waals surface area contributed by atoms with E-state index in [1.165, 1.54) is 0 Å². The number of Topliss-reactive ketones (excluding diaryl/α,β-unsaturated/α-hetero) is 1. The van der Waals surface area contributed by atoms with Crippen LogP contribution in [0.5, 0.6) is 0 Å². The summed E-state index contributed by atoms with van der Waals surface area (Å²) >= 11 is 5.87. The van der Waals surface area contributed by atoms with Crippen LogP contribution in [0.3, 0.4) is 0 Å². The zero-order chi connectivity index (χ0) is 10.8. The molecule has 0 fully saturated rings. The van der Waals surface area contributed by atoms with Gasteiger partial charge in [-0.1, -0.05) is 18.2 Å². The van der Waals surface area contributed by atoms with Gasteiger partial charge in [0.05, 0.1) is 0 Å². The molecule has 0 unspecified atom stereocenters. The van der Waals surface area contributed by atoms with Gasteiger partial charge in [-0.25, -0.2) is 0 Å². The molecule has 0 bridgehead atoms. The first kappa shape index (κ1) is 11.3. The topological polar surface area (TPSA) is 26.3 Å². The molecular weight excluding hydrogens is 200 g/mol. The Balaban J connectivity index is 2.82. The molecule has 0 heterocycles. The minimum Gasteiger partial charge on any atom is -0.486 e. The maximum absolute atomic E-state index is 11.3. The summed E-state index contributed by atoms with van der Waals surface area (Å²) in [6, 6.07) is 0. The Morgan fingerprint density at radius 1 is 1.50 bits per heavy atom. The van der Waals surface area contributed by atoms with E-state index in [-0.39, 0.29) is 10.8 Å². The zero-order valence-electron chi connectivity index (χ0n) is 8.60. The van der Waals surface area contributed by atoms with Gasteiger partial charge in [-0.2, -0.15) is 0 Å². The van der Waals surface area contributed by atoms with Gasteiger partial charge < -0.3 is 4.74 Å². The second kappa shape index (κ2) is 4.18. The monoisotopic (exact) mass is 214 g/mol. The summed E-state index contributed by atoms with van der Waals surface area (Å²) in [5, 5.41) is 0.256. The summed E-state index contributed by atoms with van der Waals surface area (Å²) in [7, 11) is 0. The molecule has 0 radical (unpaired) electrons. The lowest BCUT2D eigenvalue weighted by Gasteiger charge is -2.26. The summed E-state index contributed by atoms with van der Waals surface area (Å²) in [6.45, 7) is 7.44. The molecule has 0 aromatic carbocycles. The highest BCUT2D eigenvalue weighted by Gasteiger charge is 2.24. The second-order valence-corrected chi connectivity index (χ2v) is 4.30. The van der Waals surface area contributed by atoms with Gasteiger partial charge in [0.1, 0.15) is 16.4 Å². The average molecular weight is 215 g/mol. The molecule has 0 aromatic rings. The molecule has 1 aliphatic rings. The van der Waals surface area contributed by atoms with Gasteiger partial charge in [0.25, 0.3) is 0 Å². The van der Waals surface area contributed by atoms with Crippen LogP contribution in [0.25, 0.3) is 0 Å². The van der Waals surface area contributed by atoms with Crippen molar-refractivity contribution in [1.82, 2.24) is 0 Å². The summed E-state index contributed by atoms with van der Waals surface area (Å²) in [6.07, 6.45) is 3.78. The number of rotatable bonds is 3. The maximum Gasteiger partial charge on any atom is 0.177 e. The number of halogens is 1. The van der Waals surface area contributed by atoms with E-state index in [2.05, 4.69) is 6.58 Å². The van der Waals surface area contributed by atoms with E-state index >= 15 is 0 Å². The molecule has 1 rings (SSSR count). The Morgan fingerprint density at radius 3 is 2.71 bits per heavy atom. The molecular formula is C11H15ClO2. The van der Waals surface area contributed by atoms with Crippen molar-refractivity contribution >= 4 is 17.4 Å². The van der Waals surface area contributed by atoms with Gasteiger partial charge in [-0.15, -0.1) is 0 Å². The van der Waals surface area contributed by atoms with E-state index < -0.39 is 5.60 Å². The van der Waals surface area contributed by atoms with Crippen molar-refractivity contribution in [3.05, 3.63) is 23.4 Å². The van der Waals surface area contributed by atoms with Crippen molar-refractivity contribution in [3.63, 3.8) is 0 Å². The van der Waals surface area contributed by atoms with E-state index in [9.17, 15) is 4.79 Å². The molecule has 1 aliphatic carbocycles. The van der Waals surface area contributed by atoms with E-state index in [4.69, 9.17) is 16.3 Å².